The lowest BCUT2D eigenvalue weighted by molar-refractivity contribution is -0.130. The fourth-order valence-electron chi connectivity index (χ4n) is 1.37. The van der Waals surface area contributed by atoms with E-state index in [9.17, 15) is 4.79 Å². The Bertz CT molecular complexity index is 147. The van der Waals surface area contributed by atoms with E-state index in [1.165, 1.54) is 0 Å². The molecule has 0 aromatic carbocycles. The molecule has 1 amide bonds. The normalized spacial score (nSPS) is 24.2. The zero-order valence-corrected chi connectivity index (χ0v) is 7.17. The number of ether oxygens (including phenoxy) is 1. The number of hydrogen-bond acceptors (Lipinski definition) is 2. The highest BCUT2D eigenvalue weighted by Crippen LogP contribution is 2.12. The highest BCUT2D eigenvalue weighted by atomic mass is 16.5. The summed E-state index contributed by atoms with van der Waals surface area (Å²) in [5.74, 6) is 0.240. The number of hydrogen-bond donors (Lipinski definition) is 0. The van der Waals surface area contributed by atoms with E-state index < -0.39 is 0 Å². The van der Waals surface area contributed by atoms with Crippen molar-refractivity contribution in [3.05, 3.63) is 0 Å². The van der Waals surface area contributed by atoms with Gasteiger partial charge in [0.15, 0.2) is 0 Å². The Morgan fingerprint density at radius 1 is 1.73 bits per heavy atom. The lowest BCUT2D eigenvalue weighted by Crippen LogP contribution is -2.29. The van der Waals surface area contributed by atoms with E-state index in [1.807, 2.05) is 11.8 Å². The number of carbonyl (C=O) groups excluding carboxylic acids is 1. The Balaban J connectivity index is 2.35. The van der Waals surface area contributed by atoms with E-state index in [0.717, 1.165) is 19.5 Å². The molecule has 0 saturated carbocycles. The Labute approximate surface area is 67.3 Å². The summed E-state index contributed by atoms with van der Waals surface area (Å²) < 4.78 is 5.14. The Hall–Kier alpha value is -0.570. The average molecular weight is 157 g/mol. The van der Waals surface area contributed by atoms with E-state index >= 15 is 0 Å². The molecule has 0 spiro atoms. The van der Waals surface area contributed by atoms with Crippen LogP contribution in [0.5, 0.6) is 0 Å². The highest BCUT2D eigenvalue weighted by molar-refractivity contribution is 5.76. The molecule has 1 heterocycles. The quantitative estimate of drug-likeness (QED) is 0.589. The van der Waals surface area contributed by atoms with Gasteiger partial charge in [0.2, 0.25) is 5.91 Å². The number of methoxy groups -OCH3 is 1. The number of rotatable bonds is 2. The molecule has 1 fully saturated rings. The molecule has 3 heteroatoms. The lowest BCUT2D eigenvalue weighted by Gasteiger charge is -2.14. The Kier molecular flexibility index (Phi) is 2.88. The minimum Gasteiger partial charge on any atom is -0.380 e. The SMILES string of the molecule is CCC(=O)N1CCC(OC)C1. The summed E-state index contributed by atoms with van der Waals surface area (Å²) in [6.45, 7) is 3.54. The van der Waals surface area contributed by atoms with Crippen LogP contribution in [0.1, 0.15) is 19.8 Å². The molecule has 1 aliphatic heterocycles. The first-order valence-electron chi connectivity index (χ1n) is 4.08. The maximum atomic E-state index is 11.1. The van der Waals surface area contributed by atoms with E-state index in [2.05, 4.69) is 0 Å². The van der Waals surface area contributed by atoms with Gasteiger partial charge in [-0.1, -0.05) is 6.92 Å². The van der Waals surface area contributed by atoms with Gasteiger partial charge in [-0.05, 0) is 6.42 Å². The van der Waals surface area contributed by atoms with Crippen LogP contribution in [0, 0.1) is 0 Å². The van der Waals surface area contributed by atoms with Crippen molar-refractivity contribution in [1.82, 2.24) is 4.90 Å². The molecule has 64 valence electrons. The third-order valence-electron chi connectivity index (χ3n) is 2.13. The second-order valence-corrected chi connectivity index (χ2v) is 2.84. The summed E-state index contributed by atoms with van der Waals surface area (Å²) in [4.78, 5) is 13.0. The van der Waals surface area contributed by atoms with Crippen LogP contribution in [-0.2, 0) is 9.53 Å². The van der Waals surface area contributed by atoms with Crippen molar-refractivity contribution in [1.29, 1.82) is 0 Å². The summed E-state index contributed by atoms with van der Waals surface area (Å²) in [6.07, 6.45) is 1.86. The molecule has 0 aromatic heterocycles. The van der Waals surface area contributed by atoms with E-state index in [4.69, 9.17) is 4.74 Å². The first kappa shape index (κ1) is 8.53. The fourth-order valence-corrected chi connectivity index (χ4v) is 1.37. The molecule has 3 nitrogen and oxygen atoms in total. The molecule has 1 aliphatic rings. The highest BCUT2D eigenvalue weighted by Gasteiger charge is 2.24. The van der Waals surface area contributed by atoms with Gasteiger partial charge in [-0.3, -0.25) is 4.79 Å². The van der Waals surface area contributed by atoms with Gasteiger partial charge >= 0.3 is 0 Å². The molecule has 1 saturated heterocycles. The number of likely N-dealkylation sites (tertiary alicyclic amines) is 1. The van der Waals surface area contributed by atoms with Crippen molar-refractivity contribution in [3.63, 3.8) is 0 Å². The molecule has 1 rings (SSSR count). The summed E-state index contributed by atoms with van der Waals surface area (Å²) in [5, 5.41) is 0. The average Bonchev–Trinajstić information content (AvgIpc) is 2.50. The lowest BCUT2D eigenvalue weighted by atomic mass is 10.3. The molecule has 0 radical (unpaired) electrons. The van der Waals surface area contributed by atoms with Crippen LogP contribution in [0.3, 0.4) is 0 Å². The minimum atomic E-state index is 0.240. The summed E-state index contributed by atoms with van der Waals surface area (Å²) in [6, 6.07) is 0. The van der Waals surface area contributed by atoms with Crippen molar-refractivity contribution in [3.8, 4) is 0 Å². The molecular formula is C8H15NO2. The van der Waals surface area contributed by atoms with E-state index in [-0.39, 0.29) is 12.0 Å². The number of carbonyl (C=O) groups is 1. The molecule has 0 N–H and O–H groups in total. The van der Waals surface area contributed by atoms with Gasteiger partial charge in [0, 0.05) is 26.6 Å². The molecular weight excluding hydrogens is 142 g/mol. The van der Waals surface area contributed by atoms with Crippen LogP contribution in [0.2, 0.25) is 0 Å². The van der Waals surface area contributed by atoms with Crippen LogP contribution >= 0.6 is 0 Å². The van der Waals surface area contributed by atoms with Gasteiger partial charge in [0.25, 0.3) is 0 Å². The fraction of sp³-hybridized carbons (Fsp3) is 0.875. The topological polar surface area (TPSA) is 29.5 Å². The summed E-state index contributed by atoms with van der Waals surface area (Å²) >= 11 is 0. The zero-order chi connectivity index (χ0) is 8.27. The summed E-state index contributed by atoms with van der Waals surface area (Å²) in [7, 11) is 1.70. The second-order valence-electron chi connectivity index (χ2n) is 2.84. The van der Waals surface area contributed by atoms with Crippen molar-refractivity contribution in [2.45, 2.75) is 25.9 Å². The van der Waals surface area contributed by atoms with Gasteiger partial charge in [-0.25, -0.2) is 0 Å². The van der Waals surface area contributed by atoms with Gasteiger partial charge < -0.3 is 9.64 Å². The molecule has 0 aliphatic carbocycles. The van der Waals surface area contributed by atoms with Gasteiger partial charge in [-0.2, -0.15) is 0 Å². The standard InChI is InChI=1S/C8H15NO2/c1-3-8(10)9-5-4-7(6-9)11-2/h7H,3-6H2,1-2H3. The van der Waals surface area contributed by atoms with E-state index in [0.29, 0.717) is 6.42 Å². The zero-order valence-electron chi connectivity index (χ0n) is 7.17. The largest absolute Gasteiger partial charge is 0.380 e. The van der Waals surface area contributed by atoms with Crippen LogP contribution in [-0.4, -0.2) is 37.1 Å². The minimum absolute atomic E-state index is 0.240. The van der Waals surface area contributed by atoms with Gasteiger partial charge in [0.05, 0.1) is 6.10 Å². The third kappa shape index (κ3) is 1.93. The van der Waals surface area contributed by atoms with E-state index in [1.54, 1.807) is 7.11 Å². The molecule has 11 heavy (non-hydrogen) atoms. The second kappa shape index (κ2) is 3.72. The third-order valence-corrected chi connectivity index (χ3v) is 2.13. The maximum absolute atomic E-state index is 11.1. The summed E-state index contributed by atoms with van der Waals surface area (Å²) in [5.41, 5.74) is 0. The van der Waals surface area contributed by atoms with Gasteiger partial charge in [-0.15, -0.1) is 0 Å². The van der Waals surface area contributed by atoms with Crippen LogP contribution in [0.15, 0.2) is 0 Å². The molecule has 1 atom stereocenters. The van der Waals surface area contributed by atoms with Crippen molar-refractivity contribution in [2.75, 3.05) is 20.2 Å². The van der Waals surface area contributed by atoms with Gasteiger partial charge in [0.1, 0.15) is 0 Å². The van der Waals surface area contributed by atoms with Crippen LogP contribution in [0.4, 0.5) is 0 Å². The molecule has 0 bridgehead atoms. The first-order valence-corrected chi connectivity index (χ1v) is 4.08. The monoisotopic (exact) mass is 157 g/mol. The Morgan fingerprint density at radius 2 is 2.45 bits per heavy atom. The molecule has 1 unspecified atom stereocenters. The van der Waals surface area contributed by atoms with Crippen molar-refractivity contribution in [2.24, 2.45) is 0 Å². The van der Waals surface area contributed by atoms with Crippen molar-refractivity contribution < 1.29 is 9.53 Å². The van der Waals surface area contributed by atoms with Crippen molar-refractivity contribution >= 4 is 5.91 Å². The molecule has 0 aromatic rings. The maximum Gasteiger partial charge on any atom is 0.222 e. The smallest absolute Gasteiger partial charge is 0.222 e. The number of amides is 1. The predicted molar refractivity (Wildman–Crippen MR) is 42.3 cm³/mol. The van der Waals surface area contributed by atoms with Crippen LogP contribution < -0.4 is 0 Å². The van der Waals surface area contributed by atoms with Crippen LogP contribution in [0.25, 0.3) is 0 Å². The first-order chi connectivity index (χ1) is 5.27. The Morgan fingerprint density at radius 3 is 2.91 bits per heavy atom. The number of nitrogens with zero attached hydrogens (tertiary/aromatic N) is 1. The predicted octanol–water partition coefficient (Wildman–Crippen LogP) is 0.644.